The van der Waals surface area contributed by atoms with E-state index in [-0.39, 0.29) is 17.2 Å². The minimum absolute atomic E-state index is 0.149. The molecule has 4 N–H and O–H groups in total. The molecule has 32 heavy (non-hydrogen) atoms. The monoisotopic (exact) mass is 438 g/mol. The van der Waals surface area contributed by atoms with E-state index in [4.69, 9.17) is 0 Å². The fraction of sp³-hybridized carbons (Fsp3) is 0.519. The normalized spacial score (nSPS) is 17.7. The molecule has 1 aliphatic carbocycles. The highest BCUT2D eigenvalue weighted by molar-refractivity contribution is 5.73. The maximum absolute atomic E-state index is 11.8. The molecule has 5 heteroatoms. The third-order valence-corrected chi connectivity index (χ3v) is 6.71. The average Bonchev–Trinajstić information content (AvgIpc) is 2.79. The van der Waals surface area contributed by atoms with E-state index < -0.39 is 12.1 Å². The Balaban J connectivity index is 1.76. The fourth-order valence-electron chi connectivity index (χ4n) is 4.79. The number of rotatable bonds is 9. The van der Waals surface area contributed by atoms with Crippen LogP contribution in [0.5, 0.6) is 5.75 Å². The van der Waals surface area contributed by atoms with Crippen molar-refractivity contribution in [3.8, 4) is 5.75 Å². The van der Waals surface area contributed by atoms with Crippen molar-refractivity contribution >= 4 is 5.91 Å². The summed E-state index contributed by atoms with van der Waals surface area (Å²) >= 11 is 0. The van der Waals surface area contributed by atoms with Crippen molar-refractivity contribution in [2.24, 2.45) is 0 Å². The lowest BCUT2D eigenvalue weighted by Gasteiger charge is -2.40. The summed E-state index contributed by atoms with van der Waals surface area (Å²) in [6.45, 7) is 6.30. The molecule has 0 heterocycles. The highest BCUT2D eigenvalue weighted by Gasteiger charge is 2.35. The van der Waals surface area contributed by atoms with Crippen LogP contribution in [0.3, 0.4) is 0 Å². The minimum Gasteiger partial charge on any atom is -0.508 e. The smallest absolute Gasteiger partial charge is 0.217 e. The fourth-order valence-corrected chi connectivity index (χ4v) is 4.79. The van der Waals surface area contributed by atoms with Crippen molar-refractivity contribution in [3.63, 3.8) is 0 Å². The van der Waals surface area contributed by atoms with Crippen molar-refractivity contribution in [2.75, 3.05) is 6.54 Å². The first-order valence-electron chi connectivity index (χ1n) is 11.9. The average molecular weight is 439 g/mol. The first kappa shape index (κ1) is 24.3. The van der Waals surface area contributed by atoms with Crippen molar-refractivity contribution < 1.29 is 15.0 Å². The summed E-state index contributed by atoms with van der Waals surface area (Å²) in [5.74, 6) is 0.510. The first-order valence-corrected chi connectivity index (χ1v) is 11.9. The lowest BCUT2D eigenvalue weighted by molar-refractivity contribution is -0.120. The Labute approximate surface area is 192 Å². The number of hydrogen-bond acceptors (Lipinski definition) is 4. The van der Waals surface area contributed by atoms with Crippen LogP contribution in [0.1, 0.15) is 75.5 Å². The standard InChI is InChI=1S/C27H38N2O3/c1-19(2)22-8-7-9-23(17-22)27(14-5-4-6-15-27)28-18-26(32)25(29-20(3)30)16-21-10-12-24(31)13-11-21/h7-13,17,19,25-26,28,31-32H,4-6,14-16,18H2,1-3H3,(H,29,30)/t25-,26-/m0/s1. The molecular weight excluding hydrogens is 400 g/mol. The molecule has 3 rings (SSSR count). The second-order valence-corrected chi connectivity index (χ2v) is 9.55. The number of aliphatic hydroxyl groups is 1. The van der Waals surface area contributed by atoms with Crippen LogP contribution in [0.2, 0.25) is 0 Å². The van der Waals surface area contributed by atoms with Crippen LogP contribution in [0.4, 0.5) is 0 Å². The molecule has 1 fully saturated rings. The van der Waals surface area contributed by atoms with Gasteiger partial charge in [-0.1, -0.05) is 69.5 Å². The number of phenolic OH excluding ortho intramolecular Hbond substituents is 1. The molecule has 0 unspecified atom stereocenters. The Morgan fingerprint density at radius 1 is 1.06 bits per heavy atom. The number of aromatic hydroxyl groups is 1. The zero-order valence-corrected chi connectivity index (χ0v) is 19.6. The Bertz CT molecular complexity index is 873. The number of amides is 1. The van der Waals surface area contributed by atoms with Gasteiger partial charge in [-0.15, -0.1) is 0 Å². The summed E-state index contributed by atoms with van der Waals surface area (Å²) < 4.78 is 0. The molecule has 1 aliphatic rings. The molecule has 2 aromatic rings. The van der Waals surface area contributed by atoms with Crippen molar-refractivity contribution in [3.05, 3.63) is 65.2 Å². The molecule has 174 valence electrons. The van der Waals surface area contributed by atoms with E-state index >= 15 is 0 Å². The van der Waals surface area contributed by atoms with Gasteiger partial charge in [0.05, 0.1) is 12.1 Å². The number of benzene rings is 2. The predicted molar refractivity (Wildman–Crippen MR) is 129 cm³/mol. The molecule has 0 bridgehead atoms. The van der Waals surface area contributed by atoms with Crippen LogP contribution in [-0.4, -0.2) is 34.8 Å². The van der Waals surface area contributed by atoms with Gasteiger partial charge in [0.2, 0.25) is 5.91 Å². The van der Waals surface area contributed by atoms with Gasteiger partial charge in [-0.3, -0.25) is 4.79 Å². The van der Waals surface area contributed by atoms with E-state index in [9.17, 15) is 15.0 Å². The van der Waals surface area contributed by atoms with E-state index in [1.54, 1.807) is 12.1 Å². The van der Waals surface area contributed by atoms with E-state index in [0.717, 1.165) is 31.2 Å². The Morgan fingerprint density at radius 2 is 1.75 bits per heavy atom. The van der Waals surface area contributed by atoms with Crippen LogP contribution in [0.25, 0.3) is 0 Å². The molecule has 2 aromatic carbocycles. The molecular formula is C27H38N2O3. The Hall–Kier alpha value is -2.37. The lowest BCUT2D eigenvalue weighted by atomic mass is 9.75. The predicted octanol–water partition coefficient (Wildman–Crippen LogP) is 4.37. The zero-order chi connectivity index (χ0) is 23.1. The maximum atomic E-state index is 11.8. The topological polar surface area (TPSA) is 81.6 Å². The summed E-state index contributed by atoms with van der Waals surface area (Å²) in [6.07, 6.45) is 5.42. The van der Waals surface area contributed by atoms with Crippen LogP contribution in [-0.2, 0) is 16.8 Å². The van der Waals surface area contributed by atoms with E-state index in [0.29, 0.717) is 18.9 Å². The first-order chi connectivity index (χ1) is 15.3. The minimum atomic E-state index is -0.736. The maximum Gasteiger partial charge on any atom is 0.217 e. The highest BCUT2D eigenvalue weighted by atomic mass is 16.3. The van der Waals surface area contributed by atoms with Gasteiger partial charge in [0, 0.05) is 19.0 Å². The van der Waals surface area contributed by atoms with Gasteiger partial charge in [-0.2, -0.15) is 0 Å². The lowest BCUT2D eigenvalue weighted by Crippen LogP contribution is -2.53. The van der Waals surface area contributed by atoms with Crippen LogP contribution >= 0.6 is 0 Å². The second kappa shape index (κ2) is 11.0. The molecule has 2 atom stereocenters. The summed E-state index contributed by atoms with van der Waals surface area (Å²) in [6, 6.07) is 15.3. The van der Waals surface area contributed by atoms with Crippen LogP contribution in [0.15, 0.2) is 48.5 Å². The Kier molecular flexibility index (Phi) is 8.32. The van der Waals surface area contributed by atoms with Gasteiger partial charge < -0.3 is 20.8 Å². The van der Waals surface area contributed by atoms with Gasteiger partial charge in [-0.05, 0) is 54.0 Å². The van der Waals surface area contributed by atoms with E-state index in [1.165, 1.54) is 24.5 Å². The number of nitrogens with one attached hydrogen (secondary N) is 2. The zero-order valence-electron chi connectivity index (χ0n) is 19.6. The van der Waals surface area contributed by atoms with Gasteiger partial charge >= 0.3 is 0 Å². The molecule has 0 saturated heterocycles. The number of phenols is 1. The van der Waals surface area contributed by atoms with Gasteiger partial charge in [0.15, 0.2) is 0 Å². The Morgan fingerprint density at radius 3 is 2.38 bits per heavy atom. The van der Waals surface area contributed by atoms with E-state index in [1.807, 2.05) is 12.1 Å². The highest BCUT2D eigenvalue weighted by Crippen LogP contribution is 2.38. The molecule has 5 nitrogen and oxygen atoms in total. The quantitative estimate of drug-likeness (QED) is 0.469. The third kappa shape index (κ3) is 6.33. The van der Waals surface area contributed by atoms with Crippen LogP contribution in [0, 0.1) is 0 Å². The van der Waals surface area contributed by atoms with Crippen LogP contribution < -0.4 is 10.6 Å². The summed E-state index contributed by atoms with van der Waals surface area (Å²) in [4.78, 5) is 11.8. The molecule has 1 saturated carbocycles. The molecule has 0 spiro atoms. The van der Waals surface area contributed by atoms with Crippen molar-refractivity contribution in [2.45, 2.75) is 82.9 Å². The van der Waals surface area contributed by atoms with Gasteiger partial charge in [0.25, 0.3) is 0 Å². The number of carbonyl (C=O) groups is 1. The van der Waals surface area contributed by atoms with Gasteiger partial charge in [0.1, 0.15) is 5.75 Å². The SMILES string of the molecule is CC(=O)N[C@@H](Cc1ccc(O)cc1)[C@@H](O)CNC1(c2cccc(C(C)C)c2)CCCCC1. The summed E-state index contributed by atoms with van der Waals surface area (Å²) in [7, 11) is 0. The largest absolute Gasteiger partial charge is 0.508 e. The number of hydrogen-bond donors (Lipinski definition) is 4. The van der Waals surface area contributed by atoms with Crippen molar-refractivity contribution in [1.29, 1.82) is 0 Å². The van der Waals surface area contributed by atoms with E-state index in [2.05, 4.69) is 48.7 Å². The molecule has 0 radical (unpaired) electrons. The molecule has 0 aliphatic heterocycles. The number of carbonyl (C=O) groups excluding carboxylic acids is 1. The summed E-state index contributed by atoms with van der Waals surface area (Å²) in [5.41, 5.74) is 3.43. The molecule has 0 aromatic heterocycles. The number of aliphatic hydroxyl groups excluding tert-OH is 1. The summed E-state index contributed by atoms with van der Waals surface area (Å²) in [5, 5.41) is 27.3. The second-order valence-electron chi connectivity index (χ2n) is 9.55. The van der Waals surface area contributed by atoms with Crippen molar-refractivity contribution in [1.82, 2.24) is 10.6 Å². The van der Waals surface area contributed by atoms with Gasteiger partial charge in [-0.25, -0.2) is 0 Å². The molecule has 1 amide bonds. The third-order valence-electron chi connectivity index (χ3n) is 6.71.